The summed E-state index contributed by atoms with van der Waals surface area (Å²) in [5, 5.41) is 4.27. The number of rotatable bonds is 3. The minimum absolute atomic E-state index is 0.100. The van der Waals surface area contributed by atoms with Crippen LogP contribution in [0.5, 0.6) is 5.75 Å². The summed E-state index contributed by atoms with van der Waals surface area (Å²) in [5.41, 5.74) is 11.6. The minimum atomic E-state index is -0.259. The third-order valence-electron chi connectivity index (χ3n) is 9.31. The molecule has 0 radical (unpaired) electrons. The van der Waals surface area contributed by atoms with Crippen molar-refractivity contribution in [1.82, 2.24) is 0 Å². The van der Waals surface area contributed by atoms with Crippen molar-refractivity contribution in [2.75, 3.05) is 7.11 Å². The van der Waals surface area contributed by atoms with Gasteiger partial charge in [0.25, 0.3) is 0 Å². The number of benzene rings is 6. The van der Waals surface area contributed by atoms with Crippen LogP contribution in [-0.4, -0.2) is 7.11 Å². The second-order valence-corrected chi connectivity index (χ2v) is 14.3. The highest BCUT2D eigenvalue weighted by Gasteiger charge is 2.30. The number of methoxy groups -OCH3 is 1. The topological polar surface area (TPSA) is 35.5 Å². The maximum atomic E-state index is 14.1. The fourth-order valence-corrected chi connectivity index (χ4v) is 6.78. The number of ether oxygens (including phenoxy) is 1. The first-order valence-electron chi connectivity index (χ1n) is 15.5. The van der Waals surface area contributed by atoms with Gasteiger partial charge in [-0.2, -0.15) is 0 Å². The molecule has 0 aliphatic carbocycles. The van der Waals surface area contributed by atoms with E-state index >= 15 is 0 Å². The van der Waals surface area contributed by atoms with Gasteiger partial charge in [0.15, 0.2) is 0 Å². The van der Waals surface area contributed by atoms with E-state index in [1.54, 1.807) is 7.11 Å². The van der Waals surface area contributed by atoms with Crippen LogP contribution in [0.2, 0.25) is 0 Å². The first-order chi connectivity index (χ1) is 21.4. The van der Waals surface area contributed by atoms with Crippen LogP contribution in [0.3, 0.4) is 0 Å². The summed E-state index contributed by atoms with van der Waals surface area (Å²) in [6.45, 7) is 13.3. The van der Waals surface area contributed by atoms with E-state index in [0.29, 0.717) is 0 Å². The zero-order valence-corrected chi connectivity index (χ0v) is 26.7. The molecule has 2 heterocycles. The van der Waals surface area contributed by atoms with E-state index in [4.69, 9.17) is 13.6 Å². The molecule has 6 aromatic rings. The van der Waals surface area contributed by atoms with Gasteiger partial charge in [0.1, 0.15) is 33.9 Å². The van der Waals surface area contributed by atoms with E-state index < -0.39 is 0 Å². The lowest BCUT2D eigenvalue weighted by molar-refractivity contribution is 0.415. The van der Waals surface area contributed by atoms with Crippen LogP contribution in [-0.2, 0) is 10.8 Å². The monoisotopic (exact) mass is 594 g/mol. The van der Waals surface area contributed by atoms with Crippen LogP contribution in [0.4, 0.5) is 4.39 Å². The lowest BCUT2D eigenvalue weighted by atomic mass is 9.80. The third kappa shape index (κ3) is 4.23. The summed E-state index contributed by atoms with van der Waals surface area (Å²) in [6, 6.07) is 28.2. The van der Waals surface area contributed by atoms with Crippen LogP contribution in [0.1, 0.15) is 52.7 Å². The van der Waals surface area contributed by atoms with Crippen molar-refractivity contribution in [1.29, 1.82) is 0 Å². The van der Waals surface area contributed by atoms with Crippen LogP contribution in [0.25, 0.3) is 77.3 Å². The maximum absolute atomic E-state index is 14.1. The molecule has 0 saturated carbocycles. The molecule has 0 unspecified atom stereocenters. The zero-order chi connectivity index (χ0) is 31.4. The highest BCUT2D eigenvalue weighted by molar-refractivity contribution is 6.27. The predicted octanol–water partition coefficient (Wildman–Crippen LogP) is 12.1. The molecule has 45 heavy (non-hydrogen) atoms. The zero-order valence-electron chi connectivity index (χ0n) is 26.7. The van der Waals surface area contributed by atoms with Crippen molar-refractivity contribution in [3.63, 3.8) is 0 Å². The highest BCUT2D eigenvalue weighted by atomic mass is 19.1. The molecule has 0 atom stereocenters. The Hall–Kier alpha value is -4.83. The van der Waals surface area contributed by atoms with Gasteiger partial charge in [0, 0.05) is 21.9 Å². The number of halogens is 1. The van der Waals surface area contributed by atoms with Gasteiger partial charge in [0.05, 0.1) is 7.11 Å². The van der Waals surface area contributed by atoms with Crippen LogP contribution in [0, 0.1) is 5.82 Å². The lowest BCUT2D eigenvalue weighted by Gasteiger charge is -2.27. The second-order valence-electron chi connectivity index (χ2n) is 14.3. The molecule has 224 valence electrons. The Kier molecular flexibility index (Phi) is 5.75. The lowest BCUT2D eigenvalue weighted by Crippen LogP contribution is -2.12. The quantitative estimate of drug-likeness (QED) is 0.151. The van der Waals surface area contributed by atoms with Crippen molar-refractivity contribution < 1.29 is 18.0 Å². The summed E-state index contributed by atoms with van der Waals surface area (Å²) < 4.78 is 33.4. The molecule has 0 saturated heterocycles. The second kappa shape index (κ2) is 9.34. The van der Waals surface area contributed by atoms with E-state index in [1.807, 2.05) is 24.3 Å². The Morgan fingerprint density at radius 3 is 1.36 bits per heavy atom. The Bertz CT molecular complexity index is 2350. The Labute approximate surface area is 261 Å². The molecule has 8 rings (SSSR count). The van der Waals surface area contributed by atoms with E-state index in [2.05, 4.69) is 90.1 Å². The SMILES string of the molecule is COc1ccc(-c2cc3oc4cc(C(C)(C)C)cc5c(-c6ccc(F)cc6)cc6oc7cc(C(C)(C)C)cc2c7c3-c6c45)cc1. The van der Waals surface area contributed by atoms with Gasteiger partial charge in [-0.3, -0.25) is 0 Å². The molecule has 3 nitrogen and oxygen atoms in total. The molecule has 0 aromatic heterocycles. The fourth-order valence-electron chi connectivity index (χ4n) is 6.78. The molecule has 0 spiro atoms. The summed E-state index contributed by atoms with van der Waals surface area (Å²) in [4.78, 5) is 0. The molecule has 0 amide bonds. The molecule has 4 heteroatoms. The Morgan fingerprint density at radius 1 is 0.533 bits per heavy atom. The summed E-state index contributed by atoms with van der Waals surface area (Å²) >= 11 is 0. The molecular formula is C41H35FO3. The molecule has 0 fully saturated rings. The van der Waals surface area contributed by atoms with Crippen LogP contribution >= 0.6 is 0 Å². The largest absolute Gasteiger partial charge is 0.497 e. The number of hydrogen-bond acceptors (Lipinski definition) is 3. The van der Waals surface area contributed by atoms with Gasteiger partial charge in [-0.25, -0.2) is 4.39 Å². The minimum Gasteiger partial charge on any atom is -0.497 e. The molecule has 2 aliphatic rings. The van der Waals surface area contributed by atoms with Gasteiger partial charge in [0.2, 0.25) is 0 Å². The summed E-state index contributed by atoms with van der Waals surface area (Å²) in [7, 11) is 1.69. The van der Waals surface area contributed by atoms with Gasteiger partial charge in [-0.15, -0.1) is 0 Å². The molecule has 0 bridgehead atoms. The maximum Gasteiger partial charge on any atom is 0.136 e. The first kappa shape index (κ1) is 27.7. The Balaban J connectivity index is 1.58. The van der Waals surface area contributed by atoms with Crippen LogP contribution < -0.4 is 4.74 Å². The first-order valence-corrected chi connectivity index (χ1v) is 15.5. The van der Waals surface area contributed by atoms with Crippen molar-refractivity contribution in [3.05, 3.63) is 102 Å². The van der Waals surface area contributed by atoms with Crippen molar-refractivity contribution in [2.24, 2.45) is 0 Å². The van der Waals surface area contributed by atoms with Crippen molar-refractivity contribution >= 4 is 43.9 Å². The van der Waals surface area contributed by atoms with E-state index in [9.17, 15) is 4.39 Å². The average Bonchev–Trinajstić information content (AvgIpc) is 3.01. The fraction of sp³-hybridized carbons (Fsp3) is 0.220. The van der Waals surface area contributed by atoms with Crippen LogP contribution in [0.15, 0.2) is 93.8 Å². The van der Waals surface area contributed by atoms with E-state index in [0.717, 1.165) is 83.0 Å². The standard InChI is InChI=1S/C41H35FO3/c1-40(2,3)24-16-30-28(22-8-12-26(42)13-9-22)20-34-38-36(30)32(18-24)45-35-21-29(23-10-14-27(43-7)15-11-23)31-17-25(41(4,5)6)19-33(44-34)37(31)39(35)38/h8-21H,1-7H3. The van der Waals surface area contributed by atoms with E-state index in [1.165, 1.54) is 23.3 Å². The summed E-state index contributed by atoms with van der Waals surface area (Å²) in [5.74, 6) is 0.556. The Morgan fingerprint density at radius 2 is 0.956 bits per heavy atom. The average molecular weight is 595 g/mol. The van der Waals surface area contributed by atoms with Gasteiger partial charge >= 0.3 is 0 Å². The highest BCUT2D eigenvalue weighted by Crippen LogP contribution is 2.53. The van der Waals surface area contributed by atoms with Crippen molar-refractivity contribution in [2.45, 2.75) is 52.4 Å². The molecular weight excluding hydrogens is 559 g/mol. The third-order valence-corrected chi connectivity index (χ3v) is 9.31. The molecule has 0 N–H and O–H groups in total. The molecule has 6 aromatic carbocycles. The summed E-state index contributed by atoms with van der Waals surface area (Å²) in [6.07, 6.45) is 0. The van der Waals surface area contributed by atoms with Gasteiger partial charge < -0.3 is 13.6 Å². The normalized spacial score (nSPS) is 12.9. The number of hydrogen-bond donors (Lipinski definition) is 0. The van der Waals surface area contributed by atoms with Gasteiger partial charge in [-0.05, 0) is 116 Å². The smallest absolute Gasteiger partial charge is 0.136 e. The van der Waals surface area contributed by atoms with E-state index in [-0.39, 0.29) is 16.6 Å². The van der Waals surface area contributed by atoms with Gasteiger partial charge in [-0.1, -0.05) is 65.8 Å². The molecule has 2 aliphatic heterocycles. The van der Waals surface area contributed by atoms with Crippen molar-refractivity contribution in [3.8, 4) is 39.1 Å². The predicted molar refractivity (Wildman–Crippen MR) is 184 cm³/mol.